The topological polar surface area (TPSA) is 26.0 Å². The summed E-state index contributed by atoms with van der Waals surface area (Å²) in [5.41, 5.74) is 7.10. The van der Waals surface area contributed by atoms with E-state index in [1.165, 1.54) is 51.0 Å². The summed E-state index contributed by atoms with van der Waals surface area (Å²) in [4.78, 5) is 0. The van der Waals surface area contributed by atoms with Gasteiger partial charge in [-0.1, -0.05) is 55.0 Å². The third-order valence-corrected chi connectivity index (χ3v) is 5.42. The fraction of sp³-hybridized carbons (Fsp3) is 0.667. The second kappa shape index (κ2) is 8.28. The maximum atomic E-state index is 13.8. The Balaban J connectivity index is 1.84. The van der Waals surface area contributed by atoms with Crippen molar-refractivity contribution in [1.82, 2.24) is 0 Å². The van der Waals surface area contributed by atoms with E-state index in [2.05, 4.69) is 22.9 Å². The van der Waals surface area contributed by atoms with E-state index in [0.717, 1.165) is 16.0 Å². The molecule has 1 aromatic carbocycles. The van der Waals surface area contributed by atoms with Crippen molar-refractivity contribution in [3.63, 3.8) is 0 Å². The van der Waals surface area contributed by atoms with E-state index in [1.54, 1.807) is 6.07 Å². The Morgan fingerprint density at radius 2 is 2.00 bits per heavy atom. The lowest BCUT2D eigenvalue weighted by Crippen LogP contribution is -2.35. The third kappa shape index (κ3) is 5.07. The van der Waals surface area contributed by atoms with Crippen molar-refractivity contribution in [2.45, 2.75) is 64.3 Å². The zero-order chi connectivity index (χ0) is 15.2. The molecule has 0 bridgehead atoms. The van der Waals surface area contributed by atoms with E-state index in [4.69, 9.17) is 5.73 Å². The standard InChI is InChI=1S/C18H27BrFN/c1-2-3-4-13-5-7-14(8-6-13)18(21)12-15-11-16(19)9-10-17(15)20/h9-11,13-14,18H,2-8,12,21H2,1H3. The van der Waals surface area contributed by atoms with Crippen LogP contribution in [0.2, 0.25) is 0 Å². The monoisotopic (exact) mass is 355 g/mol. The number of halogens is 2. The van der Waals surface area contributed by atoms with Gasteiger partial charge in [0, 0.05) is 10.5 Å². The number of hydrogen-bond acceptors (Lipinski definition) is 1. The zero-order valence-corrected chi connectivity index (χ0v) is 14.5. The highest BCUT2D eigenvalue weighted by Crippen LogP contribution is 2.34. The van der Waals surface area contributed by atoms with E-state index in [0.29, 0.717) is 12.3 Å². The smallest absolute Gasteiger partial charge is 0.126 e. The third-order valence-electron chi connectivity index (χ3n) is 4.93. The molecule has 0 aromatic heterocycles. The average Bonchev–Trinajstić information content (AvgIpc) is 2.49. The molecule has 0 radical (unpaired) electrons. The van der Waals surface area contributed by atoms with E-state index in [-0.39, 0.29) is 11.9 Å². The van der Waals surface area contributed by atoms with Gasteiger partial charge >= 0.3 is 0 Å². The second-order valence-electron chi connectivity index (χ2n) is 6.53. The molecule has 0 amide bonds. The minimum Gasteiger partial charge on any atom is -0.327 e. The minimum absolute atomic E-state index is 0.0842. The molecule has 3 heteroatoms. The van der Waals surface area contributed by atoms with Gasteiger partial charge in [-0.05, 0) is 54.9 Å². The van der Waals surface area contributed by atoms with Crippen LogP contribution in [0.1, 0.15) is 57.4 Å². The Morgan fingerprint density at radius 3 is 2.67 bits per heavy atom. The highest BCUT2D eigenvalue weighted by atomic mass is 79.9. The number of rotatable bonds is 6. The predicted molar refractivity (Wildman–Crippen MR) is 90.8 cm³/mol. The lowest BCUT2D eigenvalue weighted by Gasteiger charge is -2.32. The molecular formula is C18H27BrFN. The average molecular weight is 356 g/mol. The number of benzene rings is 1. The molecule has 0 saturated heterocycles. The Morgan fingerprint density at radius 1 is 1.29 bits per heavy atom. The van der Waals surface area contributed by atoms with Crippen molar-refractivity contribution in [3.8, 4) is 0 Å². The Bertz CT molecular complexity index is 441. The van der Waals surface area contributed by atoms with Gasteiger partial charge in [0.15, 0.2) is 0 Å². The summed E-state index contributed by atoms with van der Waals surface area (Å²) in [5, 5.41) is 0. The minimum atomic E-state index is -0.134. The molecule has 1 nitrogen and oxygen atoms in total. The van der Waals surface area contributed by atoms with Crippen molar-refractivity contribution in [3.05, 3.63) is 34.1 Å². The molecule has 2 rings (SSSR count). The van der Waals surface area contributed by atoms with Crippen LogP contribution in [0.3, 0.4) is 0 Å². The van der Waals surface area contributed by atoms with Crippen LogP contribution in [0.4, 0.5) is 4.39 Å². The summed E-state index contributed by atoms with van der Waals surface area (Å²) >= 11 is 3.41. The molecule has 0 aliphatic heterocycles. The molecule has 1 atom stereocenters. The molecule has 1 saturated carbocycles. The molecule has 1 fully saturated rings. The van der Waals surface area contributed by atoms with Gasteiger partial charge in [0.05, 0.1) is 0 Å². The highest BCUT2D eigenvalue weighted by molar-refractivity contribution is 9.10. The Kier molecular flexibility index (Phi) is 6.69. The van der Waals surface area contributed by atoms with Gasteiger partial charge in [-0.2, -0.15) is 0 Å². The highest BCUT2D eigenvalue weighted by Gasteiger charge is 2.25. The first-order valence-electron chi connectivity index (χ1n) is 8.29. The predicted octanol–water partition coefficient (Wildman–Crippen LogP) is 5.45. The first kappa shape index (κ1) is 17.0. The molecular weight excluding hydrogens is 329 g/mol. The molecule has 1 unspecified atom stereocenters. The zero-order valence-electron chi connectivity index (χ0n) is 13.0. The van der Waals surface area contributed by atoms with Gasteiger partial charge in [-0.15, -0.1) is 0 Å². The molecule has 0 spiro atoms. The van der Waals surface area contributed by atoms with Crippen molar-refractivity contribution in [2.75, 3.05) is 0 Å². The molecule has 2 N–H and O–H groups in total. The first-order chi connectivity index (χ1) is 10.1. The summed E-state index contributed by atoms with van der Waals surface area (Å²) in [7, 11) is 0. The summed E-state index contributed by atoms with van der Waals surface area (Å²) in [6, 6.07) is 5.21. The summed E-state index contributed by atoms with van der Waals surface area (Å²) < 4.78 is 14.7. The molecule has 1 aliphatic rings. The maximum Gasteiger partial charge on any atom is 0.126 e. The quantitative estimate of drug-likeness (QED) is 0.720. The molecule has 21 heavy (non-hydrogen) atoms. The van der Waals surface area contributed by atoms with E-state index in [1.807, 2.05) is 6.07 Å². The van der Waals surface area contributed by atoms with Gasteiger partial charge in [0.1, 0.15) is 5.82 Å². The molecule has 1 aromatic rings. The Labute approximate surface area is 136 Å². The maximum absolute atomic E-state index is 13.8. The summed E-state index contributed by atoms with van der Waals surface area (Å²) in [5.74, 6) is 1.32. The van der Waals surface area contributed by atoms with Crippen LogP contribution in [0, 0.1) is 17.7 Å². The number of unbranched alkanes of at least 4 members (excludes halogenated alkanes) is 1. The number of hydrogen-bond donors (Lipinski definition) is 1. The van der Waals surface area contributed by atoms with Crippen LogP contribution in [0.25, 0.3) is 0 Å². The van der Waals surface area contributed by atoms with Crippen molar-refractivity contribution >= 4 is 15.9 Å². The van der Waals surface area contributed by atoms with Crippen molar-refractivity contribution in [2.24, 2.45) is 17.6 Å². The second-order valence-corrected chi connectivity index (χ2v) is 7.44. The van der Waals surface area contributed by atoms with Gasteiger partial charge in [-0.3, -0.25) is 0 Å². The lowest BCUT2D eigenvalue weighted by molar-refractivity contribution is 0.230. The van der Waals surface area contributed by atoms with Crippen molar-refractivity contribution in [1.29, 1.82) is 0 Å². The van der Waals surface area contributed by atoms with E-state index >= 15 is 0 Å². The lowest BCUT2D eigenvalue weighted by atomic mass is 9.76. The van der Waals surface area contributed by atoms with Gasteiger partial charge in [-0.25, -0.2) is 4.39 Å². The van der Waals surface area contributed by atoms with E-state index < -0.39 is 0 Å². The first-order valence-corrected chi connectivity index (χ1v) is 9.09. The van der Waals surface area contributed by atoms with Crippen LogP contribution in [-0.4, -0.2) is 6.04 Å². The van der Waals surface area contributed by atoms with Gasteiger partial charge in [0.2, 0.25) is 0 Å². The van der Waals surface area contributed by atoms with Crippen LogP contribution >= 0.6 is 15.9 Å². The number of nitrogens with two attached hydrogens (primary N) is 1. The molecule has 0 heterocycles. The van der Waals surface area contributed by atoms with Crippen LogP contribution in [0.15, 0.2) is 22.7 Å². The van der Waals surface area contributed by atoms with Crippen LogP contribution in [0.5, 0.6) is 0 Å². The van der Waals surface area contributed by atoms with Crippen molar-refractivity contribution < 1.29 is 4.39 Å². The fourth-order valence-electron chi connectivity index (χ4n) is 3.52. The largest absolute Gasteiger partial charge is 0.327 e. The van der Waals surface area contributed by atoms with Gasteiger partial charge in [0.25, 0.3) is 0 Å². The van der Waals surface area contributed by atoms with Crippen LogP contribution in [-0.2, 0) is 6.42 Å². The molecule has 1 aliphatic carbocycles. The van der Waals surface area contributed by atoms with Gasteiger partial charge < -0.3 is 5.73 Å². The fourth-order valence-corrected chi connectivity index (χ4v) is 3.93. The van der Waals surface area contributed by atoms with Crippen LogP contribution < -0.4 is 5.73 Å². The SMILES string of the molecule is CCCCC1CCC(C(N)Cc2cc(Br)ccc2F)CC1. The summed E-state index contributed by atoms with van der Waals surface area (Å²) in [6.45, 7) is 2.26. The normalized spacial score (nSPS) is 24.0. The Hall–Kier alpha value is -0.410. The van der Waals surface area contributed by atoms with E-state index in [9.17, 15) is 4.39 Å². The summed E-state index contributed by atoms with van der Waals surface area (Å²) in [6.07, 6.45) is 9.70. The molecule has 118 valence electrons.